The molecule has 0 spiro atoms. The van der Waals surface area contributed by atoms with E-state index in [1.807, 2.05) is 18.2 Å². The summed E-state index contributed by atoms with van der Waals surface area (Å²) in [6.45, 7) is 4.87. The van der Waals surface area contributed by atoms with Gasteiger partial charge in [0.15, 0.2) is 0 Å². The van der Waals surface area contributed by atoms with Crippen molar-refractivity contribution in [2.75, 3.05) is 12.4 Å². The highest BCUT2D eigenvalue weighted by Crippen LogP contribution is 2.27. The van der Waals surface area contributed by atoms with Crippen molar-refractivity contribution in [3.8, 4) is 16.9 Å². The van der Waals surface area contributed by atoms with Crippen LogP contribution in [0.1, 0.15) is 27.0 Å². The Morgan fingerprint density at radius 3 is 2.33 bits per heavy atom. The summed E-state index contributed by atoms with van der Waals surface area (Å²) in [5, 5.41) is 12.6. The molecular formula is C22H22N2O3. The van der Waals surface area contributed by atoms with Crippen LogP contribution >= 0.6 is 0 Å². The highest BCUT2D eigenvalue weighted by atomic mass is 16.5. The first kappa shape index (κ1) is 18.5. The molecule has 2 aromatic carbocycles. The highest BCUT2D eigenvalue weighted by molar-refractivity contribution is 5.92. The van der Waals surface area contributed by atoms with E-state index in [0.717, 1.165) is 16.9 Å². The van der Waals surface area contributed by atoms with Gasteiger partial charge in [0.05, 0.1) is 7.11 Å². The minimum absolute atomic E-state index is 0.131. The number of benzene rings is 2. The van der Waals surface area contributed by atoms with Crippen molar-refractivity contribution in [2.45, 2.75) is 20.4 Å². The van der Waals surface area contributed by atoms with Gasteiger partial charge in [-0.3, -0.25) is 0 Å². The lowest BCUT2D eigenvalue weighted by Crippen LogP contribution is -2.02. The van der Waals surface area contributed by atoms with E-state index in [0.29, 0.717) is 12.3 Å². The van der Waals surface area contributed by atoms with E-state index in [-0.39, 0.29) is 5.56 Å². The third kappa shape index (κ3) is 4.44. The van der Waals surface area contributed by atoms with Crippen LogP contribution in [-0.4, -0.2) is 23.2 Å². The Morgan fingerprint density at radius 1 is 1.04 bits per heavy atom. The van der Waals surface area contributed by atoms with Gasteiger partial charge in [-0.2, -0.15) is 0 Å². The molecule has 5 nitrogen and oxygen atoms in total. The molecule has 5 heteroatoms. The van der Waals surface area contributed by atoms with Gasteiger partial charge in [-0.25, -0.2) is 9.78 Å². The van der Waals surface area contributed by atoms with Gasteiger partial charge >= 0.3 is 5.97 Å². The van der Waals surface area contributed by atoms with E-state index in [1.54, 1.807) is 18.3 Å². The fourth-order valence-electron chi connectivity index (χ4n) is 3.09. The number of carboxylic acid groups (broad SMARTS) is 1. The summed E-state index contributed by atoms with van der Waals surface area (Å²) >= 11 is 0. The Kier molecular flexibility index (Phi) is 5.41. The predicted molar refractivity (Wildman–Crippen MR) is 106 cm³/mol. The number of hydrogen-bond donors (Lipinski definition) is 2. The highest BCUT2D eigenvalue weighted by Gasteiger charge is 2.12. The first-order valence-electron chi connectivity index (χ1n) is 8.65. The molecule has 2 N–H and O–H groups in total. The van der Waals surface area contributed by atoms with Gasteiger partial charge in [-0.1, -0.05) is 35.4 Å². The van der Waals surface area contributed by atoms with Gasteiger partial charge in [0, 0.05) is 18.3 Å². The Labute approximate surface area is 158 Å². The van der Waals surface area contributed by atoms with E-state index in [4.69, 9.17) is 4.74 Å². The number of aromatic nitrogens is 1. The Bertz CT molecular complexity index is 946. The third-order valence-corrected chi connectivity index (χ3v) is 4.28. The molecule has 3 aromatic rings. The monoisotopic (exact) mass is 362 g/mol. The molecule has 0 bridgehead atoms. The minimum atomic E-state index is -1.02. The first-order valence-corrected chi connectivity index (χ1v) is 8.65. The first-order chi connectivity index (χ1) is 13.0. The zero-order valence-electron chi connectivity index (χ0n) is 15.6. The summed E-state index contributed by atoms with van der Waals surface area (Å²) in [6, 6.07) is 15.3. The van der Waals surface area contributed by atoms with Gasteiger partial charge < -0.3 is 15.2 Å². The van der Waals surface area contributed by atoms with Crippen LogP contribution in [0.2, 0.25) is 0 Å². The van der Waals surface area contributed by atoms with Gasteiger partial charge in [0.2, 0.25) is 0 Å². The minimum Gasteiger partial charge on any atom is -0.496 e. The van der Waals surface area contributed by atoms with E-state index < -0.39 is 5.97 Å². The van der Waals surface area contributed by atoms with Crippen LogP contribution in [0.5, 0.6) is 5.75 Å². The van der Waals surface area contributed by atoms with Crippen molar-refractivity contribution >= 4 is 11.8 Å². The van der Waals surface area contributed by atoms with Crippen molar-refractivity contribution in [2.24, 2.45) is 0 Å². The Balaban J connectivity index is 1.75. The van der Waals surface area contributed by atoms with Crippen LogP contribution in [0.3, 0.4) is 0 Å². The average Bonchev–Trinajstić information content (AvgIpc) is 2.65. The second kappa shape index (κ2) is 7.91. The molecule has 0 atom stereocenters. The lowest BCUT2D eigenvalue weighted by atomic mass is 10.0. The van der Waals surface area contributed by atoms with Crippen molar-refractivity contribution in [1.82, 2.24) is 4.98 Å². The van der Waals surface area contributed by atoms with E-state index in [9.17, 15) is 9.90 Å². The summed E-state index contributed by atoms with van der Waals surface area (Å²) in [5.74, 6) is 0.0872. The van der Waals surface area contributed by atoms with Crippen LogP contribution in [-0.2, 0) is 6.54 Å². The number of methoxy groups -OCH3 is 1. The normalized spacial score (nSPS) is 10.5. The quantitative estimate of drug-likeness (QED) is 0.666. The number of aromatic carboxylic acids is 1. The number of hydrogen-bond acceptors (Lipinski definition) is 4. The molecule has 0 saturated carbocycles. The maximum atomic E-state index is 11.4. The number of rotatable bonds is 6. The zero-order chi connectivity index (χ0) is 19.4. The number of ether oxygens (including phenoxy) is 1. The lowest BCUT2D eigenvalue weighted by molar-refractivity contribution is 0.0693. The van der Waals surface area contributed by atoms with E-state index >= 15 is 0 Å². The fraction of sp³-hybridized carbons (Fsp3) is 0.182. The van der Waals surface area contributed by atoms with Crippen molar-refractivity contribution < 1.29 is 14.6 Å². The van der Waals surface area contributed by atoms with Crippen molar-refractivity contribution in [3.63, 3.8) is 0 Å². The fourth-order valence-corrected chi connectivity index (χ4v) is 3.09. The van der Waals surface area contributed by atoms with Crippen LogP contribution < -0.4 is 10.1 Å². The van der Waals surface area contributed by atoms with Gasteiger partial charge in [-0.15, -0.1) is 0 Å². The topological polar surface area (TPSA) is 71.5 Å². The molecule has 0 aliphatic heterocycles. The van der Waals surface area contributed by atoms with Gasteiger partial charge in [0.25, 0.3) is 0 Å². The molecule has 0 aliphatic carbocycles. The molecular weight excluding hydrogens is 340 g/mol. The largest absolute Gasteiger partial charge is 0.496 e. The summed E-state index contributed by atoms with van der Waals surface area (Å²) in [7, 11) is 1.46. The third-order valence-electron chi connectivity index (χ3n) is 4.28. The molecule has 0 radical (unpaired) electrons. The Hall–Kier alpha value is -3.34. The average molecular weight is 362 g/mol. The molecule has 138 valence electrons. The SMILES string of the molecule is COc1ccc(-c2ccc(NCc3cc(C)cc(C)c3)nc2)cc1C(=O)O. The van der Waals surface area contributed by atoms with Gasteiger partial charge in [-0.05, 0) is 49.2 Å². The van der Waals surface area contributed by atoms with Gasteiger partial charge in [0.1, 0.15) is 17.1 Å². The number of nitrogens with one attached hydrogen (secondary N) is 1. The molecule has 1 heterocycles. The summed E-state index contributed by atoms with van der Waals surface area (Å²) in [6.07, 6.45) is 1.73. The van der Waals surface area contributed by atoms with Crippen molar-refractivity contribution in [3.05, 3.63) is 77.0 Å². The lowest BCUT2D eigenvalue weighted by Gasteiger charge is -2.10. The van der Waals surface area contributed by atoms with E-state index in [2.05, 4.69) is 42.3 Å². The van der Waals surface area contributed by atoms with Crippen molar-refractivity contribution in [1.29, 1.82) is 0 Å². The van der Waals surface area contributed by atoms with Crippen LogP contribution in [0.15, 0.2) is 54.7 Å². The van der Waals surface area contributed by atoms with Crippen LogP contribution in [0.4, 0.5) is 5.82 Å². The number of pyridine rings is 1. The number of aryl methyl sites for hydroxylation is 2. The second-order valence-electron chi connectivity index (χ2n) is 6.50. The summed E-state index contributed by atoms with van der Waals surface area (Å²) in [4.78, 5) is 15.8. The number of nitrogens with zero attached hydrogens (tertiary/aromatic N) is 1. The zero-order valence-corrected chi connectivity index (χ0v) is 15.6. The number of carboxylic acids is 1. The summed E-state index contributed by atoms with van der Waals surface area (Å²) in [5.41, 5.74) is 5.44. The molecule has 3 rings (SSSR count). The second-order valence-corrected chi connectivity index (χ2v) is 6.50. The molecule has 0 unspecified atom stereocenters. The summed E-state index contributed by atoms with van der Waals surface area (Å²) < 4.78 is 5.10. The predicted octanol–water partition coefficient (Wildman–Crippen LogP) is 4.68. The van der Waals surface area contributed by atoms with Crippen LogP contribution in [0.25, 0.3) is 11.1 Å². The maximum Gasteiger partial charge on any atom is 0.339 e. The molecule has 27 heavy (non-hydrogen) atoms. The molecule has 0 amide bonds. The molecule has 1 aromatic heterocycles. The van der Waals surface area contributed by atoms with E-state index in [1.165, 1.54) is 23.8 Å². The van der Waals surface area contributed by atoms with Crippen LogP contribution in [0, 0.1) is 13.8 Å². The number of anilines is 1. The smallest absolute Gasteiger partial charge is 0.339 e. The molecule has 0 saturated heterocycles. The number of carbonyl (C=O) groups is 1. The Morgan fingerprint density at radius 2 is 1.74 bits per heavy atom. The molecule has 0 fully saturated rings. The molecule has 0 aliphatic rings. The standard InChI is InChI=1S/C22H22N2O3/c1-14-8-15(2)10-16(9-14)12-23-21-7-5-18(13-24-21)17-4-6-20(27-3)19(11-17)22(25)26/h4-11,13H,12H2,1-3H3,(H,23,24)(H,25,26). The maximum absolute atomic E-state index is 11.4.